The van der Waals surface area contributed by atoms with Gasteiger partial charge in [-0.2, -0.15) is 8.42 Å². The molecule has 0 aliphatic carbocycles. The minimum absolute atomic E-state index is 0.0571. The van der Waals surface area contributed by atoms with Crippen LogP contribution in [0.1, 0.15) is 5.56 Å². The number of nitrogens with one attached hydrogen (secondary N) is 1. The van der Waals surface area contributed by atoms with E-state index >= 15 is 0 Å². The Balaban J connectivity index is 2.44. The Morgan fingerprint density at radius 2 is 2.10 bits per heavy atom. The first-order chi connectivity index (χ1) is 9.70. The van der Waals surface area contributed by atoms with Crippen LogP contribution in [0.3, 0.4) is 0 Å². The standard InChI is InChI=1S/C11H11ClN4O4S/c1-7-3-8(12)10(16(17)18)4-9(7)14-21(19,20)11-5-15(2)6-13-11/h3-6,14H,1-2H3. The Hall–Kier alpha value is -2.13. The predicted molar refractivity (Wildman–Crippen MR) is 76.9 cm³/mol. The Morgan fingerprint density at radius 1 is 1.43 bits per heavy atom. The highest BCUT2D eigenvalue weighted by atomic mass is 35.5. The quantitative estimate of drug-likeness (QED) is 0.682. The average molecular weight is 331 g/mol. The summed E-state index contributed by atoms with van der Waals surface area (Å²) in [5.41, 5.74) is 0.169. The molecule has 0 bridgehead atoms. The number of nitro benzene ring substituents is 1. The van der Waals surface area contributed by atoms with E-state index in [1.165, 1.54) is 23.2 Å². The van der Waals surface area contributed by atoms with E-state index in [0.717, 1.165) is 6.07 Å². The van der Waals surface area contributed by atoms with Crippen molar-refractivity contribution in [1.29, 1.82) is 0 Å². The number of imidazole rings is 1. The molecule has 0 fully saturated rings. The summed E-state index contributed by atoms with van der Waals surface area (Å²) < 4.78 is 28.0. The van der Waals surface area contributed by atoms with Gasteiger partial charge in [-0.05, 0) is 18.6 Å². The average Bonchev–Trinajstić information content (AvgIpc) is 2.79. The van der Waals surface area contributed by atoms with Gasteiger partial charge in [-0.25, -0.2) is 4.98 Å². The number of hydrogen-bond donors (Lipinski definition) is 1. The summed E-state index contributed by atoms with van der Waals surface area (Å²) in [7, 11) is -2.29. The van der Waals surface area contributed by atoms with E-state index in [4.69, 9.17) is 11.6 Å². The molecule has 21 heavy (non-hydrogen) atoms. The molecule has 112 valence electrons. The normalized spacial score (nSPS) is 11.4. The minimum atomic E-state index is -3.92. The maximum Gasteiger partial charge on any atom is 0.289 e. The van der Waals surface area contributed by atoms with Gasteiger partial charge in [0.15, 0.2) is 5.03 Å². The Labute approximate surface area is 125 Å². The van der Waals surface area contributed by atoms with E-state index in [0.29, 0.717) is 5.56 Å². The molecule has 1 aromatic heterocycles. The van der Waals surface area contributed by atoms with Crippen LogP contribution in [0, 0.1) is 17.0 Å². The third kappa shape index (κ3) is 3.14. The summed E-state index contributed by atoms with van der Waals surface area (Å²) in [5.74, 6) is 0. The second-order valence-electron chi connectivity index (χ2n) is 4.36. The van der Waals surface area contributed by atoms with E-state index in [2.05, 4.69) is 9.71 Å². The highest BCUT2D eigenvalue weighted by Crippen LogP contribution is 2.31. The monoisotopic (exact) mass is 330 g/mol. The highest BCUT2D eigenvalue weighted by Gasteiger charge is 2.21. The van der Waals surface area contributed by atoms with Crippen LogP contribution in [0.25, 0.3) is 0 Å². The molecule has 0 unspecified atom stereocenters. The summed E-state index contributed by atoms with van der Waals surface area (Å²) in [6, 6.07) is 2.41. The maximum absolute atomic E-state index is 12.1. The zero-order chi connectivity index (χ0) is 15.8. The third-order valence-electron chi connectivity index (χ3n) is 2.69. The lowest BCUT2D eigenvalue weighted by Gasteiger charge is -2.09. The molecule has 0 spiro atoms. The summed E-state index contributed by atoms with van der Waals surface area (Å²) in [5, 5.41) is 10.6. The van der Waals surface area contributed by atoms with Gasteiger partial charge in [0.2, 0.25) is 0 Å². The number of nitrogens with zero attached hydrogens (tertiary/aromatic N) is 3. The SMILES string of the molecule is Cc1cc(Cl)c([N+](=O)[O-])cc1NS(=O)(=O)c1cn(C)cn1. The van der Waals surface area contributed by atoms with Crippen molar-refractivity contribution in [2.75, 3.05) is 4.72 Å². The second-order valence-corrected chi connectivity index (χ2v) is 6.39. The zero-order valence-corrected chi connectivity index (χ0v) is 12.6. The fourth-order valence-electron chi connectivity index (χ4n) is 1.64. The number of aromatic nitrogens is 2. The fourth-order valence-corrected chi connectivity index (χ4v) is 3.03. The first kappa shape index (κ1) is 15.3. The van der Waals surface area contributed by atoms with E-state index in [9.17, 15) is 18.5 Å². The molecule has 0 saturated carbocycles. The van der Waals surface area contributed by atoms with Crippen molar-refractivity contribution in [2.45, 2.75) is 11.9 Å². The molecule has 2 aromatic rings. The van der Waals surface area contributed by atoms with E-state index in [-0.39, 0.29) is 21.4 Å². The van der Waals surface area contributed by atoms with Gasteiger partial charge in [-0.1, -0.05) is 11.6 Å². The lowest BCUT2D eigenvalue weighted by Crippen LogP contribution is -2.14. The molecule has 10 heteroatoms. The molecular formula is C11H11ClN4O4S. The number of anilines is 1. The van der Waals surface area contributed by atoms with E-state index in [1.54, 1.807) is 14.0 Å². The smallest absolute Gasteiger partial charge is 0.289 e. The van der Waals surface area contributed by atoms with Crippen LogP contribution in [0.2, 0.25) is 5.02 Å². The van der Waals surface area contributed by atoms with Crippen molar-refractivity contribution in [2.24, 2.45) is 7.05 Å². The zero-order valence-electron chi connectivity index (χ0n) is 11.1. The van der Waals surface area contributed by atoms with Crippen molar-refractivity contribution in [3.63, 3.8) is 0 Å². The fraction of sp³-hybridized carbons (Fsp3) is 0.182. The van der Waals surface area contributed by atoms with Gasteiger partial charge in [0, 0.05) is 19.3 Å². The minimum Gasteiger partial charge on any atom is -0.339 e. The summed E-state index contributed by atoms with van der Waals surface area (Å²) in [6.07, 6.45) is 2.66. The van der Waals surface area contributed by atoms with Gasteiger partial charge in [-0.15, -0.1) is 0 Å². The molecule has 1 heterocycles. The predicted octanol–water partition coefficient (Wildman–Crippen LogP) is 2.09. The molecule has 1 aromatic carbocycles. The number of hydrogen-bond acceptors (Lipinski definition) is 5. The maximum atomic E-state index is 12.1. The van der Waals surface area contributed by atoms with Crippen LogP contribution in [-0.4, -0.2) is 22.9 Å². The number of halogens is 1. The van der Waals surface area contributed by atoms with Crippen LogP contribution < -0.4 is 4.72 Å². The van der Waals surface area contributed by atoms with Gasteiger partial charge in [0.25, 0.3) is 15.7 Å². The van der Waals surface area contributed by atoms with E-state index in [1.807, 2.05) is 0 Å². The second kappa shape index (κ2) is 5.34. The van der Waals surface area contributed by atoms with Crippen LogP contribution in [0.5, 0.6) is 0 Å². The van der Waals surface area contributed by atoms with Gasteiger partial charge in [0.05, 0.1) is 16.9 Å². The molecule has 0 radical (unpaired) electrons. The number of rotatable bonds is 4. The molecular weight excluding hydrogens is 320 g/mol. The molecule has 0 aliphatic rings. The molecule has 0 saturated heterocycles. The van der Waals surface area contributed by atoms with Crippen LogP contribution in [-0.2, 0) is 17.1 Å². The number of nitro groups is 1. The summed E-state index contributed by atoms with van der Waals surface area (Å²) in [4.78, 5) is 13.9. The van der Waals surface area contributed by atoms with Gasteiger partial charge < -0.3 is 4.57 Å². The number of aryl methyl sites for hydroxylation is 2. The molecule has 0 aliphatic heterocycles. The van der Waals surface area contributed by atoms with Crippen molar-refractivity contribution >= 4 is 33.0 Å². The molecule has 8 nitrogen and oxygen atoms in total. The first-order valence-corrected chi connectivity index (χ1v) is 7.52. The van der Waals surface area contributed by atoms with Crippen LogP contribution >= 0.6 is 11.6 Å². The number of benzene rings is 1. The van der Waals surface area contributed by atoms with Crippen molar-refractivity contribution in [1.82, 2.24) is 9.55 Å². The highest BCUT2D eigenvalue weighted by molar-refractivity contribution is 7.92. The Morgan fingerprint density at radius 3 is 2.62 bits per heavy atom. The van der Waals surface area contributed by atoms with Gasteiger partial charge in [0.1, 0.15) is 5.02 Å². The van der Waals surface area contributed by atoms with Gasteiger partial charge in [-0.3, -0.25) is 14.8 Å². The largest absolute Gasteiger partial charge is 0.339 e. The molecule has 2 rings (SSSR count). The lowest BCUT2D eigenvalue weighted by atomic mass is 10.2. The third-order valence-corrected chi connectivity index (χ3v) is 4.24. The van der Waals surface area contributed by atoms with Gasteiger partial charge >= 0.3 is 0 Å². The topological polar surface area (TPSA) is 107 Å². The number of sulfonamides is 1. The van der Waals surface area contributed by atoms with E-state index < -0.39 is 14.9 Å². The van der Waals surface area contributed by atoms with Crippen molar-refractivity contribution in [3.05, 3.63) is 45.4 Å². The van der Waals surface area contributed by atoms with Crippen molar-refractivity contribution in [3.8, 4) is 0 Å². The molecule has 0 atom stereocenters. The first-order valence-electron chi connectivity index (χ1n) is 5.66. The summed E-state index contributed by atoms with van der Waals surface area (Å²) in [6.45, 7) is 1.59. The molecule has 1 N–H and O–H groups in total. The molecule has 0 amide bonds. The van der Waals surface area contributed by atoms with Crippen LogP contribution in [0.4, 0.5) is 11.4 Å². The lowest BCUT2D eigenvalue weighted by molar-refractivity contribution is -0.384. The summed E-state index contributed by atoms with van der Waals surface area (Å²) >= 11 is 5.75. The van der Waals surface area contributed by atoms with Crippen molar-refractivity contribution < 1.29 is 13.3 Å². The Bertz CT molecular complexity index is 816. The van der Waals surface area contributed by atoms with Crippen LogP contribution in [0.15, 0.2) is 29.7 Å². The Kier molecular flexibility index (Phi) is 3.88.